The molecule has 1 aromatic carbocycles. The molecule has 0 bridgehead atoms. The monoisotopic (exact) mass is 224 g/mol. The van der Waals surface area contributed by atoms with Gasteiger partial charge in [0.1, 0.15) is 5.56 Å². The molecular formula is C10H12N2O4. The van der Waals surface area contributed by atoms with Crippen LogP contribution in [0.2, 0.25) is 0 Å². The highest BCUT2D eigenvalue weighted by Crippen LogP contribution is 2.26. The summed E-state index contributed by atoms with van der Waals surface area (Å²) in [5.41, 5.74) is 10.9. The van der Waals surface area contributed by atoms with Gasteiger partial charge in [0.25, 0.3) is 5.91 Å². The molecule has 0 radical (unpaired) electrons. The number of benzene rings is 1. The predicted octanol–water partition coefficient (Wildman–Crippen LogP) is -0.0805. The lowest BCUT2D eigenvalue weighted by molar-refractivity contribution is -0.121. The van der Waals surface area contributed by atoms with E-state index >= 15 is 0 Å². The number of carbonyl (C=O) groups excluding carboxylic acids is 2. The van der Waals surface area contributed by atoms with E-state index in [4.69, 9.17) is 16.2 Å². The van der Waals surface area contributed by atoms with Gasteiger partial charge in [-0.2, -0.15) is 0 Å². The molecule has 6 nitrogen and oxygen atoms in total. The number of methoxy groups -OCH3 is 1. The van der Waals surface area contributed by atoms with Crippen LogP contribution in [0.4, 0.5) is 5.69 Å². The van der Waals surface area contributed by atoms with E-state index in [1.54, 1.807) is 12.1 Å². The largest absolute Gasteiger partial charge is 0.494 e. The van der Waals surface area contributed by atoms with Gasteiger partial charge in [0, 0.05) is 0 Å². The second-order valence-electron chi connectivity index (χ2n) is 2.97. The van der Waals surface area contributed by atoms with Crippen LogP contribution in [0, 0.1) is 0 Å². The molecule has 1 amide bonds. The average molecular weight is 224 g/mol. The molecule has 16 heavy (non-hydrogen) atoms. The smallest absolute Gasteiger partial charge is 0.342 e. The Hall–Kier alpha value is -2.24. The molecule has 1 rings (SSSR count). The van der Waals surface area contributed by atoms with E-state index in [0.29, 0.717) is 5.69 Å². The van der Waals surface area contributed by atoms with Crippen LogP contribution < -0.4 is 16.2 Å². The topological polar surface area (TPSA) is 105 Å². The molecule has 6 heteroatoms. The van der Waals surface area contributed by atoms with Crippen molar-refractivity contribution in [3.05, 3.63) is 23.8 Å². The van der Waals surface area contributed by atoms with Crippen molar-refractivity contribution in [1.82, 2.24) is 0 Å². The van der Waals surface area contributed by atoms with Gasteiger partial charge in [0.15, 0.2) is 12.4 Å². The lowest BCUT2D eigenvalue weighted by Crippen LogP contribution is -2.21. The summed E-state index contributed by atoms with van der Waals surface area (Å²) < 4.78 is 9.60. The number of esters is 1. The third-order valence-electron chi connectivity index (χ3n) is 1.82. The Morgan fingerprint density at radius 3 is 2.62 bits per heavy atom. The quantitative estimate of drug-likeness (QED) is 0.549. The first kappa shape index (κ1) is 11.8. The van der Waals surface area contributed by atoms with Crippen molar-refractivity contribution in [3.63, 3.8) is 0 Å². The average Bonchev–Trinajstić information content (AvgIpc) is 2.25. The molecule has 0 spiro atoms. The Morgan fingerprint density at radius 2 is 2.06 bits per heavy atom. The molecule has 0 fully saturated rings. The summed E-state index contributed by atoms with van der Waals surface area (Å²) in [6, 6.07) is 4.65. The van der Waals surface area contributed by atoms with Crippen LogP contribution in [0.5, 0.6) is 5.75 Å². The molecule has 0 aliphatic heterocycles. The maximum absolute atomic E-state index is 11.5. The van der Waals surface area contributed by atoms with Gasteiger partial charge in [-0.3, -0.25) is 4.79 Å². The van der Waals surface area contributed by atoms with E-state index in [9.17, 15) is 9.59 Å². The van der Waals surface area contributed by atoms with Crippen LogP contribution in [0.1, 0.15) is 10.4 Å². The number of ether oxygens (including phenoxy) is 2. The minimum Gasteiger partial charge on any atom is -0.494 e. The van der Waals surface area contributed by atoms with Crippen molar-refractivity contribution in [2.24, 2.45) is 5.73 Å². The minimum atomic E-state index is -0.726. The van der Waals surface area contributed by atoms with Gasteiger partial charge in [-0.1, -0.05) is 6.07 Å². The van der Waals surface area contributed by atoms with Gasteiger partial charge in [-0.25, -0.2) is 4.79 Å². The normalized spacial score (nSPS) is 9.56. The second kappa shape index (κ2) is 5.01. The Labute approximate surface area is 92.1 Å². The first-order valence-corrected chi connectivity index (χ1v) is 4.44. The summed E-state index contributed by atoms with van der Waals surface area (Å²) in [4.78, 5) is 22.0. The first-order chi connectivity index (χ1) is 7.56. The van der Waals surface area contributed by atoms with E-state index < -0.39 is 18.5 Å². The second-order valence-corrected chi connectivity index (χ2v) is 2.97. The Kier molecular flexibility index (Phi) is 3.71. The zero-order chi connectivity index (χ0) is 12.1. The zero-order valence-corrected chi connectivity index (χ0v) is 8.73. The fourth-order valence-corrected chi connectivity index (χ4v) is 1.16. The summed E-state index contributed by atoms with van der Waals surface area (Å²) >= 11 is 0. The number of nitrogens with two attached hydrogens (primary N) is 2. The van der Waals surface area contributed by atoms with E-state index in [0.717, 1.165) is 0 Å². The first-order valence-electron chi connectivity index (χ1n) is 4.44. The zero-order valence-electron chi connectivity index (χ0n) is 8.73. The number of amides is 1. The number of primary amides is 1. The third kappa shape index (κ3) is 2.63. The summed E-state index contributed by atoms with van der Waals surface area (Å²) in [5, 5.41) is 0. The molecule has 0 saturated carbocycles. The number of para-hydroxylation sites is 1. The van der Waals surface area contributed by atoms with Crippen LogP contribution >= 0.6 is 0 Å². The van der Waals surface area contributed by atoms with E-state index in [1.807, 2.05) is 0 Å². The maximum Gasteiger partial charge on any atom is 0.342 e. The van der Waals surface area contributed by atoms with Crippen molar-refractivity contribution < 1.29 is 19.1 Å². The summed E-state index contributed by atoms with van der Waals surface area (Å²) in [6.45, 7) is -0.475. The molecule has 0 heterocycles. The molecule has 0 atom stereocenters. The molecule has 86 valence electrons. The van der Waals surface area contributed by atoms with E-state index in [1.165, 1.54) is 13.2 Å². The van der Waals surface area contributed by atoms with Crippen LogP contribution in [-0.4, -0.2) is 25.6 Å². The molecule has 4 N–H and O–H groups in total. The number of nitrogen functional groups attached to an aromatic ring is 1. The molecule has 0 aliphatic carbocycles. The predicted molar refractivity (Wildman–Crippen MR) is 56.9 cm³/mol. The third-order valence-corrected chi connectivity index (χ3v) is 1.82. The van der Waals surface area contributed by atoms with Gasteiger partial charge >= 0.3 is 5.97 Å². The fourth-order valence-electron chi connectivity index (χ4n) is 1.16. The van der Waals surface area contributed by atoms with Crippen molar-refractivity contribution in [2.45, 2.75) is 0 Å². The van der Waals surface area contributed by atoms with E-state index in [2.05, 4.69) is 4.74 Å². The van der Waals surface area contributed by atoms with Gasteiger partial charge in [-0.05, 0) is 12.1 Å². The number of hydrogen-bond donors (Lipinski definition) is 2. The lowest BCUT2D eigenvalue weighted by Gasteiger charge is -2.09. The standard InChI is InChI=1S/C10H12N2O4/c1-15-9-6(3-2-4-7(9)11)10(14)16-5-8(12)13/h2-4H,5,11H2,1H3,(H2,12,13). The number of rotatable bonds is 4. The van der Waals surface area contributed by atoms with Crippen molar-refractivity contribution in [2.75, 3.05) is 19.5 Å². The van der Waals surface area contributed by atoms with Gasteiger partial charge in [-0.15, -0.1) is 0 Å². The fraction of sp³-hybridized carbons (Fsp3) is 0.200. The van der Waals surface area contributed by atoms with Crippen LogP contribution in [0.15, 0.2) is 18.2 Å². The molecule has 1 aromatic rings. The Morgan fingerprint density at radius 1 is 1.38 bits per heavy atom. The highest BCUT2D eigenvalue weighted by Gasteiger charge is 2.16. The van der Waals surface area contributed by atoms with Crippen molar-refractivity contribution >= 4 is 17.6 Å². The van der Waals surface area contributed by atoms with Crippen LogP contribution in [-0.2, 0) is 9.53 Å². The Balaban J connectivity index is 2.90. The molecule has 0 aromatic heterocycles. The Bertz CT molecular complexity index is 417. The van der Waals surface area contributed by atoms with Crippen molar-refractivity contribution in [1.29, 1.82) is 0 Å². The highest BCUT2D eigenvalue weighted by atomic mass is 16.5. The van der Waals surface area contributed by atoms with Crippen molar-refractivity contribution in [3.8, 4) is 5.75 Å². The van der Waals surface area contributed by atoms with Gasteiger partial charge in [0.05, 0.1) is 12.8 Å². The SMILES string of the molecule is COc1c(N)cccc1C(=O)OCC(N)=O. The highest BCUT2D eigenvalue weighted by molar-refractivity contribution is 5.95. The van der Waals surface area contributed by atoms with E-state index in [-0.39, 0.29) is 11.3 Å². The lowest BCUT2D eigenvalue weighted by atomic mass is 10.2. The molecule has 0 unspecified atom stereocenters. The molecule has 0 aliphatic rings. The minimum absolute atomic E-state index is 0.156. The summed E-state index contributed by atoms with van der Waals surface area (Å²) in [7, 11) is 1.39. The van der Waals surface area contributed by atoms with Gasteiger partial charge < -0.3 is 20.9 Å². The summed E-state index contributed by atoms with van der Waals surface area (Å²) in [5.74, 6) is -1.21. The van der Waals surface area contributed by atoms with Gasteiger partial charge in [0.2, 0.25) is 0 Å². The molecular weight excluding hydrogens is 212 g/mol. The number of hydrogen-bond acceptors (Lipinski definition) is 5. The van der Waals surface area contributed by atoms with Crippen LogP contribution in [0.3, 0.4) is 0 Å². The number of carbonyl (C=O) groups is 2. The van der Waals surface area contributed by atoms with Crippen LogP contribution in [0.25, 0.3) is 0 Å². The maximum atomic E-state index is 11.5. The molecule has 0 saturated heterocycles. The number of anilines is 1. The summed E-state index contributed by atoms with van der Waals surface area (Å²) in [6.07, 6.45) is 0.